The fraction of sp³-hybridized carbons (Fsp3) is 0.381. The topological polar surface area (TPSA) is 50.4 Å². The summed E-state index contributed by atoms with van der Waals surface area (Å²) in [5.41, 5.74) is 2.74. The molecule has 132 valence electrons. The summed E-state index contributed by atoms with van der Waals surface area (Å²) in [5.74, 6) is 0.815. The van der Waals surface area contributed by atoms with E-state index in [0.717, 1.165) is 24.2 Å². The van der Waals surface area contributed by atoms with Crippen LogP contribution in [0.3, 0.4) is 0 Å². The van der Waals surface area contributed by atoms with Crippen molar-refractivity contribution in [1.29, 1.82) is 0 Å². The molecule has 1 amide bonds. The van der Waals surface area contributed by atoms with Crippen LogP contribution in [0.2, 0.25) is 0 Å². The van der Waals surface area contributed by atoms with Crippen molar-refractivity contribution in [3.63, 3.8) is 0 Å². The number of benzene rings is 2. The normalized spacial score (nSPS) is 18.1. The maximum absolute atomic E-state index is 12.5. The molecule has 1 aliphatic rings. The molecule has 0 saturated carbocycles. The number of amides is 1. The first-order valence-corrected chi connectivity index (χ1v) is 8.81. The number of rotatable bonds is 5. The predicted molar refractivity (Wildman–Crippen MR) is 100 cm³/mol. The average Bonchev–Trinajstić information content (AvgIpc) is 2.60. The fourth-order valence-electron chi connectivity index (χ4n) is 3.32. The second-order valence-electron chi connectivity index (χ2n) is 7.15. The first-order chi connectivity index (χ1) is 12.0. The van der Waals surface area contributed by atoms with Gasteiger partial charge in [-0.3, -0.25) is 4.79 Å². The summed E-state index contributed by atoms with van der Waals surface area (Å²) in [6.07, 6.45) is 1.70. The van der Waals surface area contributed by atoms with Crippen molar-refractivity contribution < 1.29 is 9.53 Å². The monoisotopic (exact) mass is 338 g/mol. The Hall–Kier alpha value is -2.33. The Morgan fingerprint density at radius 3 is 2.68 bits per heavy atom. The smallest absolute Gasteiger partial charge is 0.251 e. The molecule has 3 rings (SSSR count). The molecule has 1 heterocycles. The summed E-state index contributed by atoms with van der Waals surface area (Å²) in [7, 11) is 1.95. The van der Waals surface area contributed by atoms with Gasteiger partial charge in [-0.25, -0.2) is 0 Å². The van der Waals surface area contributed by atoms with Gasteiger partial charge in [-0.15, -0.1) is 0 Å². The third-order valence-electron chi connectivity index (χ3n) is 4.62. The van der Waals surface area contributed by atoms with Crippen LogP contribution in [0.25, 0.3) is 0 Å². The van der Waals surface area contributed by atoms with Crippen LogP contribution in [0.4, 0.5) is 0 Å². The molecule has 1 atom stereocenters. The molecular formula is C21H26N2O2. The Morgan fingerprint density at radius 1 is 1.20 bits per heavy atom. The number of nitrogens with one attached hydrogen (secondary N) is 2. The number of carbonyl (C=O) groups excluding carboxylic acids is 1. The van der Waals surface area contributed by atoms with Gasteiger partial charge in [0, 0.05) is 30.1 Å². The van der Waals surface area contributed by atoms with Crippen LogP contribution in [-0.2, 0) is 6.42 Å². The standard InChI is InChI=1S/C21H26N2O2/c1-21(2)14-18(22-3)17-13-16(9-10-19(17)25-21)20(24)23-12-11-15-7-5-4-6-8-15/h4-10,13,18,22H,11-12,14H2,1-3H3,(H,23,24). The highest BCUT2D eigenvalue weighted by Gasteiger charge is 2.33. The van der Waals surface area contributed by atoms with Crippen molar-refractivity contribution in [2.75, 3.05) is 13.6 Å². The number of fused-ring (bicyclic) bond motifs is 1. The molecular weight excluding hydrogens is 312 g/mol. The number of carbonyl (C=O) groups is 1. The van der Waals surface area contributed by atoms with E-state index in [4.69, 9.17) is 4.74 Å². The summed E-state index contributed by atoms with van der Waals surface area (Å²) in [6, 6.07) is 16.1. The molecule has 4 nitrogen and oxygen atoms in total. The molecule has 0 bridgehead atoms. The molecule has 2 N–H and O–H groups in total. The number of ether oxygens (including phenoxy) is 1. The molecule has 25 heavy (non-hydrogen) atoms. The second-order valence-corrected chi connectivity index (χ2v) is 7.15. The summed E-state index contributed by atoms with van der Waals surface area (Å²) in [4.78, 5) is 12.5. The Balaban J connectivity index is 1.68. The molecule has 0 saturated heterocycles. The van der Waals surface area contributed by atoms with Gasteiger partial charge in [-0.1, -0.05) is 30.3 Å². The average molecular weight is 338 g/mol. The SMILES string of the molecule is CNC1CC(C)(C)Oc2ccc(C(=O)NCCc3ccccc3)cc21. The third-order valence-corrected chi connectivity index (χ3v) is 4.62. The zero-order valence-electron chi connectivity index (χ0n) is 15.1. The van der Waals surface area contributed by atoms with Gasteiger partial charge in [-0.2, -0.15) is 0 Å². The van der Waals surface area contributed by atoms with E-state index in [0.29, 0.717) is 12.1 Å². The van der Waals surface area contributed by atoms with Crippen LogP contribution in [0, 0.1) is 0 Å². The van der Waals surface area contributed by atoms with Crippen molar-refractivity contribution in [3.8, 4) is 5.75 Å². The lowest BCUT2D eigenvalue weighted by Gasteiger charge is -2.37. The van der Waals surface area contributed by atoms with Crippen LogP contribution >= 0.6 is 0 Å². The highest BCUT2D eigenvalue weighted by Crippen LogP contribution is 2.39. The van der Waals surface area contributed by atoms with Gasteiger partial charge in [0.2, 0.25) is 0 Å². The van der Waals surface area contributed by atoms with Crippen molar-refractivity contribution in [2.24, 2.45) is 0 Å². The Bertz CT molecular complexity index is 741. The van der Waals surface area contributed by atoms with Crippen molar-refractivity contribution >= 4 is 5.91 Å². The maximum atomic E-state index is 12.5. The van der Waals surface area contributed by atoms with E-state index in [1.807, 2.05) is 43.4 Å². The Morgan fingerprint density at radius 2 is 1.96 bits per heavy atom. The minimum atomic E-state index is -0.208. The lowest BCUT2D eigenvalue weighted by molar-refractivity contribution is 0.0674. The van der Waals surface area contributed by atoms with Gasteiger partial charge in [0.15, 0.2) is 0 Å². The van der Waals surface area contributed by atoms with Crippen LogP contribution in [0.1, 0.15) is 47.8 Å². The molecule has 2 aromatic carbocycles. The van der Waals surface area contributed by atoms with Crippen molar-refractivity contribution in [3.05, 3.63) is 65.2 Å². The number of hydrogen-bond donors (Lipinski definition) is 2. The minimum Gasteiger partial charge on any atom is -0.487 e. The van der Waals surface area contributed by atoms with E-state index >= 15 is 0 Å². The van der Waals surface area contributed by atoms with E-state index in [1.165, 1.54) is 5.56 Å². The van der Waals surface area contributed by atoms with E-state index in [1.54, 1.807) is 0 Å². The second kappa shape index (κ2) is 7.28. The largest absolute Gasteiger partial charge is 0.487 e. The van der Waals surface area contributed by atoms with Crippen LogP contribution in [0.15, 0.2) is 48.5 Å². The molecule has 2 aromatic rings. The third kappa shape index (κ3) is 4.20. The first kappa shape index (κ1) is 17.5. The van der Waals surface area contributed by atoms with E-state index in [9.17, 15) is 4.79 Å². The number of hydrogen-bond acceptors (Lipinski definition) is 3. The van der Waals surface area contributed by atoms with E-state index in [-0.39, 0.29) is 17.6 Å². The quantitative estimate of drug-likeness (QED) is 0.877. The summed E-state index contributed by atoms with van der Waals surface area (Å²) in [5, 5.41) is 6.34. The van der Waals surface area contributed by atoms with Gasteiger partial charge in [-0.05, 0) is 51.1 Å². The predicted octanol–water partition coefficient (Wildman–Crippen LogP) is 3.48. The van der Waals surface area contributed by atoms with Gasteiger partial charge >= 0.3 is 0 Å². The van der Waals surface area contributed by atoms with Crippen molar-refractivity contribution in [1.82, 2.24) is 10.6 Å². The van der Waals surface area contributed by atoms with E-state index in [2.05, 4.69) is 36.6 Å². The van der Waals surface area contributed by atoms with Crippen LogP contribution < -0.4 is 15.4 Å². The molecule has 0 aromatic heterocycles. The van der Waals surface area contributed by atoms with Gasteiger partial charge in [0.05, 0.1) is 0 Å². The van der Waals surface area contributed by atoms with Gasteiger partial charge < -0.3 is 15.4 Å². The Labute approximate surface area is 149 Å². The lowest BCUT2D eigenvalue weighted by Crippen LogP contribution is -2.38. The zero-order valence-corrected chi connectivity index (χ0v) is 15.1. The molecule has 0 aliphatic carbocycles. The highest BCUT2D eigenvalue weighted by atomic mass is 16.5. The lowest BCUT2D eigenvalue weighted by atomic mass is 9.89. The molecule has 1 aliphatic heterocycles. The summed E-state index contributed by atoms with van der Waals surface area (Å²) in [6.45, 7) is 4.80. The molecule has 0 spiro atoms. The van der Waals surface area contributed by atoms with Crippen molar-refractivity contribution in [2.45, 2.75) is 38.3 Å². The summed E-state index contributed by atoms with van der Waals surface area (Å²) >= 11 is 0. The van der Waals surface area contributed by atoms with Crippen LogP contribution in [0.5, 0.6) is 5.75 Å². The molecule has 0 radical (unpaired) electrons. The molecule has 1 unspecified atom stereocenters. The van der Waals surface area contributed by atoms with E-state index < -0.39 is 0 Å². The zero-order chi connectivity index (χ0) is 17.9. The van der Waals surface area contributed by atoms with Crippen LogP contribution in [-0.4, -0.2) is 25.1 Å². The summed E-state index contributed by atoms with van der Waals surface area (Å²) < 4.78 is 6.05. The highest BCUT2D eigenvalue weighted by molar-refractivity contribution is 5.94. The maximum Gasteiger partial charge on any atom is 0.251 e. The van der Waals surface area contributed by atoms with Gasteiger partial charge in [0.1, 0.15) is 11.4 Å². The Kier molecular flexibility index (Phi) is 5.09. The molecule has 4 heteroatoms. The first-order valence-electron chi connectivity index (χ1n) is 8.81. The molecule has 0 fully saturated rings. The van der Waals surface area contributed by atoms with Gasteiger partial charge in [0.25, 0.3) is 5.91 Å². The minimum absolute atomic E-state index is 0.0431. The fourth-order valence-corrected chi connectivity index (χ4v) is 3.32.